The molecule has 2 heterocycles. The lowest BCUT2D eigenvalue weighted by atomic mass is 9.89. The molecule has 0 bridgehead atoms. The number of hydrogen-bond donors (Lipinski definition) is 0. The predicted octanol–water partition coefficient (Wildman–Crippen LogP) is 4.54. The second-order valence-corrected chi connectivity index (χ2v) is 8.11. The van der Waals surface area contributed by atoms with Crippen LogP contribution >= 0.6 is 11.3 Å². The van der Waals surface area contributed by atoms with Crippen LogP contribution in [0.15, 0.2) is 17.5 Å². The van der Waals surface area contributed by atoms with Gasteiger partial charge in [-0.1, -0.05) is 26.8 Å². The van der Waals surface area contributed by atoms with Gasteiger partial charge >= 0.3 is 0 Å². The van der Waals surface area contributed by atoms with Crippen molar-refractivity contribution in [2.24, 2.45) is 0 Å². The summed E-state index contributed by atoms with van der Waals surface area (Å²) in [6.07, 6.45) is 0. The lowest BCUT2D eigenvalue weighted by Gasteiger charge is -2.28. The zero-order valence-electron chi connectivity index (χ0n) is 13.6. The molecule has 0 radical (unpaired) electrons. The zero-order chi connectivity index (χ0) is 15.1. The van der Waals surface area contributed by atoms with Crippen molar-refractivity contribution in [1.29, 1.82) is 0 Å². The minimum absolute atomic E-state index is 0.00104. The Kier molecular flexibility index (Phi) is 3.80. The van der Waals surface area contributed by atoms with Crippen LogP contribution in [-0.4, -0.2) is 14.8 Å². The third kappa shape index (κ3) is 2.53. The van der Waals surface area contributed by atoms with Gasteiger partial charge in [0.1, 0.15) is 11.6 Å². The summed E-state index contributed by atoms with van der Waals surface area (Å²) < 4.78 is 2.31. The quantitative estimate of drug-likeness (QED) is 0.831. The third-order valence-corrected chi connectivity index (χ3v) is 4.77. The van der Waals surface area contributed by atoms with E-state index >= 15 is 0 Å². The van der Waals surface area contributed by atoms with Gasteiger partial charge in [-0.15, -0.1) is 21.5 Å². The average molecular weight is 291 g/mol. The Bertz CT molecular complexity index is 571. The van der Waals surface area contributed by atoms with Crippen LogP contribution in [0.1, 0.15) is 71.0 Å². The fourth-order valence-electron chi connectivity index (χ4n) is 2.46. The molecule has 0 amide bonds. The maximum atomic E-state index is 4.55. The Morgan fingerprint density at radius 1 is 1.05 bits per heavy atom. The SMILES string of the molecule is CC(C)n1c(C(C)(C)C)nnc1C(C)(C)c1cccs1. The monoisotopic (exact) mass is 291 g/mol. The van der Waals surface area contributed by atoms with Gasteiger partial charge < -0.3 is 4.57 Å². The molecular formula is C16H25N3S. The molecule has 0 saturated carbocycles. The number of nitrogens with zero attached hydrogens (tertiary/aromatic N) is 3. The van der Waals surface area contributed by atoms with Crippen molar-refractivity contribution in [3.05, 3.63) is 34.0 Å². The van der Waals surface area contributed by atoms with Gasteiger partial charge in [0.25, 0.3) is 0 Å². The van der Waals surface area contributed by atoms with E-state index in [1.165, 1.54) is 4.88 Å². The molecule has 2 aromatic rings. The van der Waals surface area contributed by atoms with Gasteiger partial charge in [0.15, 0.2) is 0 Å². The molecule has 0 spiro atoms. The van der Waals surface area contributed by atoms with Gasteiger partial charge in [-0.2, -0.15) is 0 Å². The first kappa shape index (κ1) is 15.2. The van der Waals surface area contributed by atoms with Crippen molar-refractivity contribution < 1.29 is 0 Å². The second-order valence-electron chi connectivity index (χ2n) is 7.16. The van der Waals surface area contributed by atoms with Crippen molar-refractivity contribution >= 4 is 11.3 Å². The Morgan fingerprint density at radius 3 is 2.10 bits per heavy atom. The van der Waals surface area contributed by atoms with E-state index < -0.39 is 0 Å². The van der Waals surface area contributed by atoms with E-state index in [4.69, 9.17) is 0 Å². The summed E-state index contributed by atoms with van der Waals surface area (Å²) in [7, 11) is 0. The minimum atomic E-state index is -0.116. The molecule has 0 aliphatic heterocycles. The minimum Gasteiger partial charge on any atom is -0.311 e. The summed E-state index contributed by atoms with van der Waals surface area (Å²) in [5, 5.41) is 11.2. The van der Waals surface area contributed by atoms with E-state index in [9.17, 15) is 0 Å². The molecule has 0 aromatic carbocycles. The molecule has 3 nitrogen and oxygen atoms in total. The van der Waals surface area contributed by atoms with Crippen LogP contribution < -0.4 is 0 Å². The van der Waals surface area contributed by atoms with Crippen LogP contribution in [0.4, 0.5) is 0 Å². The molecule has 0 saturated heterocycles. The molecule has 0 fully saturated rings. The third-order valence-electron chi connectivity index (χ3n) is 3.58. The predicted molar refractivity (Wildman–Crippen MR) is 85.6 cm³/mol. The van der Waals surface area contributed by atoms with E-state index in [0.717, 1.165) is 11.6 Å². The van der Waals surface area contributed by atoms with E-state index in [1.807, 2.05) is 0 Å². The van der Waals surface area contributed by atoms with Crippen molar-refractivity contribution in [1.82, 2.24) is 14.8 Å². The fourth-order valence-corrected chi connectivity index (χ4v) is 3.31. The normalized spacial score (nSPS) is 13.2. The molecule has 20 heavy (non-hydrogen) atoms. The number of rotatable bonds is 3. The fraction of sp³-hybridized carbons (Fsp3) is 0.625. The van der Waals surface area contributed by atoms with Gasteiger partial charge in [0, 0.05) is 16.3 Å². The lowest BCUT2D eigenvalue weighted by molar-refractivity contribution is 0.438. The van der Waals surface area contributed by atoms with Crippen LogP contribution in [0.25, 0.3) is 0 Å². The van der Waals surface area contributed by atoms with Crippen LogP contribution in [0.3, 0.4) is 0 Å². The van der Waals surface area contributed by atoms with Gasteiger partial charge in [-0.05, 0) is 39.1 Å². The highest BCUT2D eigenvalue weighted by atomic mass is 32.1. The van der Waals surface area contributed by atoms with Gasteiger partial charge in [-0.25, -0.2) is 0 Å². The van der Waals surface area contributed by atoms with Gasteiger partial charge in [0.05, 0.1) is 5.41 Å². The van der Waals surface area contributed by atoms with E-state index in [1.54, 1.807) is 11.3 Å². The molecule has 110 valence electrons. The van der Waals surface area contributed by atoms with Crippen LogP contribution in [0, 0.1) is 0 Å². The molecule has 0 atom stereocenters. The van der Waals surface area contributed by atoms with Crippen molar-refractivity contribution in [2.45, 2.75) is 65.3 Å². The summed E-state index contributed by atoms with van der Waals surface area (Å²) in [6, 6.07) is 4.64. The van der Waals surface area contributed by atoms with Crippen molar-refractivity contribution in [3.63, 3.8) is 0 Å². The lowest BCUT2D eigenvalue weighted by Crippen LogP contribution is -2.27. The summed E-state index contributed by atoms with van der Waals surface area (Å²) in [5.74, 6) is 2.12. The van der Waals surface area contributed by atoms with E-state index in [-0.39, 0.29) is 10.8 Å². The van der Waals surface area contributed by atoms with Gasteiger partial charge in [-0.3, -0.25) is 0 Å². The zero-order valence-corrected chi connectivity index (χ0v) is 14.4. The molecular weight excluding hydrogens is 266 g/mol. The van der Waals surface area contributed by atoms with Crippen LogP contribution in [-0.2, 0) is 10.8 Å². The highest BCUT2D eigenvalue weighted by Crippen LogP contribution is 2.36. The molecule has 0 aliphatic rings. The molecule has 4 heteroatoms. The highest BCUT2D eigenvalue weighted by molar-refractivity contribution is 7.10. The topological polar surface area (TPSA) is 30.7 Å². The maximum Gasteiger partial charge on any atom is 0.144 e. The number of aromatic nitrogens is 3. The molecule has 2 aromatic heterocycles. The molecule has 0 unspecified atom stereocenters. The number of hydrogen-bond acceptors (Lipinski definition) is 3. The Balaban J connectivity index is 2.61. The molecule has 0 N–H and O–H groups in total. The van der Waals surface area contributed by atoms with Crippen molar-refractivity contribution in [3.8, 4) is 0 Å². The van der Waals surface area contributed by atoms with E-state index in [2.05, 4.69) is 80.7 Å². The summed E-state index contributed by atoms with van der Waals surface area (Å²) in [6.45, 7) is 15.4. The van der Waals surface area contributed by atoms with Gasteiger partial charge in [0.2, 0.25) is 0 Å². The van der Waals surface area contributed by atoms with Crippen LogP contribution in [0.5, 0.6) is 0 Å². The molecule has 0 aliphatic carbocycles. The summed E-state index contributed by atoms with van der Waals surface area (Å²) >= 11 is 1.78. The first-order chi connectivity index (χ1) is 9.15. The standard InChI is InChI=1S/C16H25N3S/c1-11(2)19-13(15(3,4)5)17-18-14(19)16(6,7)12-9-8-10-20-12/h8-11H,1-7H3. The van der Waals surface area contributed by atoms with E-state index in [0.29, 0.717) is 6.04 Å². The largest absolute Gasteiger partial charge is 0.311 e. The smallest absolute Gasteiger partial charge is 0.144 e. The molecule has 2 rings (SSSR count). The average Bonchev–Trinajstić information content (AvgIpc) is 2.98. The van der Waals surface area contributed by atoms with Crippen LogP contribution in [0.2, 0.25) is 0 Å². The number of thiophene rings is 1. The highest BCUT2D eigenvalue weighted by Gasteiger charge is 2.34. The first-order valence-corrected chi connectivity index (χ1v) is 8.03. The Labute approximate surface area is 126 Å². The Hall–Kier alpha value is -1.16. The summed E-state index contributed by atoms with van der Waals surface area (Å²) in [5.41, 5.74) is -0.115. The summed E-state index contributed by atoms with van der Waals surface area (Å²) in [4.78, 5) is 1.33. The first-order valence-electron chi connectivity index (χ1n) is 7.15. The maximum absolute atomic E-state index is 4.55. The Morgan fingerprint density at radius 2 is 1.65 bits per heavy atom. The second kappa shape index (κ2) is 4.99. The van der Waals surface area contributed by atoms with Crippen molar-refractivity contribution in [2.75, 3.05) is 0 Å².